The van der Waals surface area contributed by atoms with Crippen LogP contribution in [0.1, 0.15) is 0 Å². The average molecular weight is 875 g/mol. The molecule has 0 aliphatic heterocycles. The number of imidazole rings is 1. The molecule has 10 aromatic rings. The number of phenolic OH excluding ortho intramolecular Hbond substituents is 1. The number of rotatable bonds is 6. The van der Waals surface area contributed by atoms with Crippen molar-refractivity contribution in [3.05, 3.63) is 188 Å². The number of aromatic hydroxyl groups is 1. The van der Waals surface area contributed by atoms with Gasteiger partial charge in [-0.15, -0.1) is 23.8 Å². The zero-order chi connectivity index (χ0) is 35.3. The predicted octanol–water partition coefficient (Wildman–Crippen LogP) is 11.7. The second kappa shape index (κ2) is 13.8. The van der Waals surface area contributed by atoms with Gasteiger partial charge in [-0.2, -0.15) is 0 Å². The Hall–Kier alpha value is -6.55. The van der Waals surface area contributed by atoms with E-state index in [2.05, 4.69) is 137 Å². The van der Waals surface area contributed by atoms with Crippen LogP contribution in [-0.2, 0) is 21.1 Å². The summed E-state index contributed by atoms with van der Waals surface area (Å²) < 4.78 is 4.44. The van der Waals surface area contributed by atoms with Gasteiger partial charge >= 0.3 is 0 Å². The summed E-state index contributed by atoms with van der Waals surface area (Å²) in [5.41, 5.74) is 12.3. The Balaban J connectivity index is 0.00000384. The van der Waals surface area contributed by atoms with Gasteiger partial charge in [0.1, 0.15) is 11.6 Å². The molecule has 0 fully saturated rings. The van der Waals surface area contributed by atoms with Crippen LogP contribution in [0.5, 0.6) is 5.75 Å². The van der Waals surface area contributed by atoms with E-state index in [4.69, 9.17) is 9.97 Å². The first-order valence-corrected chi connectivity index (χ1v) is 17.7. The van der Waals surface area contributed by atoms with Crippen molar-refractivity contribution in [2.45, 2.75) is 0 Å². The van der Waals surface area contributed by atoms with Crippen LogP contribution in [-0.4, -0.2) is 24.2 Å². The van der Waals surface area contributed by atoms with Crippen molar-refractivity contribution >= 4 is 32.8 Å². The molecule has 0 bridgehead atoms. The molecule has 0 amide bonds. The third kappa shape index (κ3) is 5.53. The summed E-state index contributed by atoms with van der Waals surface area (Å²) in [5.74, 6) is 0.837. The SMILES string of the molecule is Oc1ccccc1-c1nc2c(-c3[c-]c(-c4nccc5c6ccccc6n(-c6ccccc6)c45)cc(-c4ccccc4)c3)cccc2n1-c1ccccc1.[Pt]. The Bertz CT molecular complexity index is 2950. The quantitative estimate of drug-likeness (QED) is 0.169. The van der Waals surface area contributed by atoms with Crippen molar-refractivity contribution in [2.75, 3.05) is 0 Å². The molecule has 0 aliphatic rings. The van der Waals surface area contributed by atoms with Crippen LogP contribution in [0.3, 0.4) is 0 Å². The van der Waals surface area contributed by atoms with Crippen molar-refractivity contribution in [2.24, 2.45) is 0 Å². The Labute approximate surface area is 326 Å². The van der Waals surface area contributed by atoms with Gasteiger partial charge in [0.2, 0.25) is 0 Å². The van der Waals surface area contributed by atoms with Crippen molar-refractivity contribution in [1.82, 2.24) is 19.1 Å². The molecular formula is C48H31N4OPt-. The van der Waals surface area contributed by atoms with Gasteiger partial charge in [-0.1, -0.05) is 126 Å². The number of hydrogen-bond donors (Lipinski definition) is 1. The number of phenols is 1. The largest absolute Gasteiger partial charge is 0.507 e. The Morgan fingerprint density at radius 2 is 1.11 bits per heavy atom. The van der Waals surface area contributed by atoms with Crippen molar-refractivity contribution < 1.29 is 26.2 Å². The average Bonchev–Trinajstić information content (AvgIpc) is 3.78. The van der Waals surface area contributed by atoms with E-state index in [1.807, 2.05) is 54.7 Å². The molecule has 54 heavy (non-hydrogen) atoms. The maximum Gasteiger partial charge on any atom is 0.148 e. The summed E-state index contributed by atoms with van der Waals surface area (Å²) in [6.45, 7) is 0. The van der Waals surface area contributed by atoms with Gasteiger partial charge in [0.05, 0.1) is 22.1 Å². The monoisotopic (exact) mass is 874 g/mol. The van der Waals surface area contributed by atoms with Crippen molar-refractivity contribution in [3.8, 4) is 62.0 Å². The minimum absolute atomic E-state index is 0. The van der Waals surface area contributed by atoms with Gasteiger partial charge in [-0.25, -0.2) is 4.98 Å². The van der Waals surface area contributed by atoms with Crippen LogP contribution in [0, 0.1) is 6.07 Å². The van der Waals surface area contributed by atoms with Gasteiger partial charge in [0, 0.05) is 60.6 Å². The predicted molar refractivity (Wildman–Crippen MR) is 215 cm³/mol. The summed E-state index contributed by atoms with van der Waals surface area (Å²) >= 11 is 0. The number of aromatic nitrogens is 4. The normalized spacial score (nSPS) is 11.3. The molecule has 0 aliphatic carbocycles. The molecule has 0 radical (unpaired) electrons. The molecule has 6 heteroatoms. The minimum atomic E-state index is 0. The molecule has 0 spiro atoms. The zero-order valence-electron chi connectivity index (χ0n) is 28.9. The van der Waals surface area contributed by atoms with Gasteiger partial charge in [-0.3, -0.25) is 9.55 Å². The second-order valence-corrected chi connectivity index (χ2v) is 13.1. The van der Waals surface area contributed by atoms with Crippen LogP contribution in [0.15, 0.2) is 182 Å². The zero-order valence-corrected chi connectivity index (χ0v) is 31.1. The van der Waals surface area contributed by atoms with E-state index in [1.54, 1.807) is 6.07 Å². The summed E-state index contributed by atoms with van der Waals surface area (Å²) in [5, 5.41) is 13.3. The fourth-order valence-corrected chi connectivity index (χ4v) is 7.60. The first-order chi connectivity index (χ1) is 26.2. The maximum absolute atomic E-state index is 11.0. The standard InChI is InChI=1S/C48H31N4O.Pt/c53-44-26-13-11-22-41(44)48-50-46-38(23-14-25-43(46)52(48)37-19-8-3-9-20-37)34-29-33(32-15-4-1-5-16-32)30-35(31-34)45-47-40(27-28-49-45)39-21-10-12-24-42(39)51(47)36-17-6-2-7-18-36;/h1-30,53H;/q-1;. The number of para-hydroxylation sites is 5. The van der Waals surface area contributed by atoms with Gasteiger partial charge in [-0.05, 0) is 60.2 Å². The van der Waals surface area contributed by atoms with E-state index >= 15 is 0 Å². The fourth-order valence-electron chi connectivity index (χ4n) is 7.60. The van der Waals surface area contributed by atoms with Crippen LogP contribution in [0.25, 0.3) is 89.1 Å². The summed E-state index contributed by atoms with van der Waals surface area (Å²) in [7, 11) is 0. The topological polar surface area (TPSA) is 55.9 Å². The summed E-state index contributed by atoms with van der Waals surface area (Å²) in [4.78, 5) is 10.4. The molecular weight excluding hydrogens is 844 g/mol. The van der Waals surface area contributed by atoms with E-state index in [0.717, 1.165) is 72.3 Å². The smallest absolute Gasteiger partial charge is 0.148 e. The molecule has 5 nitrogen and oxygen atoms in total. The number of benzene rings is 7. The maximum atomic E-state index is 11.0. The second-order valence-electron chi connectivity index (χ2n) is 13.1. The van der Waals surface area contributed by atoms with E-state index in [-0.39, 0.29) is 26.8 Å². The summed E-state index contributed by atoms with van der Waals surface area (Å²) in [6.07, 6.45) is 1.91. The molecule has 0 unspecified atom stereocenters. The molecule has 0 atom stereocenters. The Morgan fingerprint density at radius 3 is 1.87 bits per heavy atom. The van der Waals surface area contributed by atoms with Gasteiger partial charge in [0.25, 0.3) is 0 Å². The molecule has 3 aromatic heterocycles. The first-order valence-electron chi connectivity index (χ1n) is 17.7. The number of fused-ring (bicyclic) bond motifs is 4. The van der Waals surface area contributed by atoms with Crippen LogP contribution >= 0.6 is 0 Å². The third-order valence-corrected chi connectivity index (χ3v) is 9.96. The Kier molecular flexibility index (Phi) is 8.49. The molecule has 10 rings (SSSR count). The van der Waals surface area contributed by atoms with E-state index in [9.17, 15) is 5.11 Å². The molecule has 0 saturated heterocycles. The third-order valence-electron chi connectivity index (χ3n) is 9.96. The minimum Gasteiger partial charge on any atom is -0.507 e. The van der Waals surface area contributed by atoms with E-state index in [0.29, 0.717) is 11.4 Å². The van der Waals surface area contributed by atoms with Crippen LogP contribution in [0.2, 0.25) is 0 Å². The van der Waals surface area contributed by atoms with Crippen molar-refractivity contribution in [3.63, 3.8) is 0 Å². The van der Waals surface area contributed by atoms with Gasteiger partial charge in [0.15, 0.2) is 0 Å². The Morgan fingerprint density at radius 1 is 0.500 bits per heavy atom. The van der Waals surface area contributed by atoms with E-state index in [1.165, 1.54) is 5.39 Å². The molecule has 0 saturated carbocycles. The molecule has 1 N–H and O–H groups in total. The molecule has 7 aromatic carbocycles. The fraction of sp³-hybridized carbons (Fsp3) is 0. The number of pyridine rings is 1. The summed E-state index contributed by atoms with van der Waals surface area (Å²) in [6, 6.07) is 63.6. The van der Waals surface area contributed by atoms with Gasteiger partial charge < -0.3 is 9.67 Å². The van der Waals surface area contributed by atoms with Crippen LogP contribution < -0.4 is 0 Å². The van der Waals surface area contributed by atoms with Crippen molar-refractivity contribution in [1.29, 1.82) is 0 Å². The van der Waals surface area contributed by atoms with Crippen LogP contribution in [0.4, 0.5) is 0 Å². The number of hydrogen-bond acceptors (Lipinski definition) is 3. The first kappa shape index (κ1) is 33.3. The molecule has 3 heterocycles. The number of nitrogens with zero attached hydrogens (tertiary/aromatic N) is 4. The van der Waals surface area contributed by atoms with E-state index < -0.39 is 0 Å². The molecule has 260 valence electrons.